The lowest BCUT2D eigenvalue weighted by Crippen LogP contribution is -2.67. The predicted molar refractivity (Wildman–Crippen MR) is 156 cm³/mol. The van der Waals surface area contributed by atoms with E-state index in [0.717, 1.165) is 4.43 Å². The fraction of sp³-hybridized carbons (Fsp3) is 1.00. The summed E-state index contributed by atoms with van der Waals surface area (Å²) in [6.07, 6.45) is -2.52. The van der Waals surface area contributed by atoms with Crippen LogP contribution in [0.15, 0.2) is 0 Å². The lowest BCUT2D eigenvalue weighted by atomic mass is 10.0. The number of alkyl halides is 1. The molecule has 1 aliphatic heterocycles. The smallest absolute Gasteiger partial charge is 0.192 e. The predicted octanol–water partition coefficient (Wildman–Crippen LogP) is 7.31. The number of aliphatic hydroxyl groups excluding tert-OH is 1. The van der Waals surface area contributed by atoms with E-state index in [1.54, 1.807) is 0 Å². The average molecular weight is 633 g/mol. The molecule has 1 aliphatic rings. The normalized spacial score (nSPS) is 28.8. The first kappa shape index (κ1) is 32.2. The SMILES string of the molecule is CC(C)(C)[Si](C)(C)O[C@@H]1[C@@H](O[Si](C)(C)C(C)(C)C)[C@@H](O)O[C@H](CI)[C@H]1O[Si](C)(C)C(C)(C)C. The molecule has 0 aliphatic carbocycles. The Bertz CT molecular complexity index is 650. The zero-order valence-corrected chi connectivity index (χ0v) is 29.2. The molecule has 198 valence electrons. The molecule has 0 bridgehead atoms. The summed E-state index contributed by atoms with van der Waals surface area (Å²) in [4.78, 5) is 0. The van der Waals surface area contributed by atoms with Crippen LogP contribution in [-0.4, -0.2) is 65.2 Å². The summed E-state index contributed by atoms with van der Waals surface area (Å²) >= 11 is 2.34. The van der Waals surface area contributed by atoms with Gasteiger partial charge in [-0.05, 0) is 54.4 Å². The maximum atomic E-state index is 11.2. The maximum absolute atomic E-state index is 11.2. The zero-order valence-electron chi connectivity index (χ0n) is 24.1. The molecule has 0 aromatic carbocycles. The van der Waals surface area contributed by atoms with Crippen LogP contribution in [0.3, 0.4) is 0 Å². The fourth-order valence-corrected chi connectivity index (χ4v) is 7.59. The molecule has 33 heavy (non-hydrogen) atoms. The van der Waals surface area contributed by atoms with E-state index in [1.807, 2.05) is 0 Å². The Hall–Kier alpha value is 1.18. The van der Waals surface area contributed by atoms with E-state index in [-0.39, 0.29) is 33.4 Å². The second-order valence-electron chi connectivity index (χ2n) is 14.2. The largest absolute Gasteiger partial charge is 0.409 e. The topological polar surface area (TPSA) is 57.2 Å². The van der Waals surface area contributed by atoms with Crippen molar-refractivity contribution >= 4 is 47.5 Å². The number of halogens is 1. The van der Waals surface area contributed by atoms with Crippen LogP contribution in [0.2, 0.25) is 54.4 Å². The highest BCUT2D eigenvalue weighted by molar-refractivity contribution is 14.1. The van der Waals surface area contributed by atoms with Crippen molar-refractivity contribution in [1.82, 2.24) is 0 Å². The van der Waals surface area contributed by atoms with Crippen LogP contribution in [0.1, 0.15) is 62.3 Å². The molecule has 1 rings (SSSR count). The molecule has 0 unspecified atom stereocenters. The summed E-state index contributed by atoms with van der Waals surface area (Å²) < 4.78 is 27.9. The van der Waals surface area contributed by atoms with Gasteiger partial charge in [0.1, 0.15) is 12.2 Å². The van der Waals surface area contributed by atoms with Crippen molar-refractivity contribution in [2.75, 3.05) is 4.43 Å². The number of ether oxygens (including phenoxy) is 1. The number of aliphatic hydroxyl groups is 1. The van der Waals surface area contributed by atoms with Gasteiger partial charge < -0.3 is 23.1 Å². The van der Waals surface area contributed by atoms with Crippen LogP contribution >= 0.6 is 22.6 Å². The van der Waals surface area contributed by atoms with Gasteiger partial charge in [-0.25, -0.2) is 0 Å². The monoisotopic (exact) mass is 632 g/mol. The van der Waals surface area contributed by atoms with Gasteiger partial charge in [0.15, 0.2) is 31.2 Å². The third kappa shape index (κ3) is 7.59. The molecule has 5 nitrogen and oxygen atoms in total. The Morgan fingerprint density at radius 3 is 1.24 bits per heavy atom. The summed E-state index contributed by atoms with van der Waals surface area (Å²) in [6, 6.07) is 0. The molecule has 0 spiro atoms. The first-order valence-electron chi connectivity index (χ1n) is 12.3. The molecule has 0 aromatic heterocycles. The van der Waals surface area contributed by atoms with Gasteiger partial charge in [-0.2, -0.15) is 0 Å². The van der Waals surface area contributed by atoms with Gasteiger partial charge in [-0.1, -0.05) is 84.9 Å². The van der Waals surface area contributed by atoms with Crippen LogP contribution in [-0.2, 0) is 18.0 Å². The van der Waals surface area contributed by atoms with Crippen molar-refractivity contribution in [3.05, 3.63) is 0 Å². The van der Waals surface area contributed by atoms with E-state index in [1.165, 1.54) is 0 Å². The summed E-state index contributed by atoms with van der Waals surface area (Å²) in [6.45, 7) is 33.7. The van der Waals surface area contributed by atoms with Gasteiger partial charge in [0.25, 0.3) is 0 Å². The Morgan fingerprint density at radius 2 is 0.939 bits per heavy atom. The van der Waals surface area contributed by atoms with Gasteiger partial charge in [-0.15, -0.1) is 0 Å². The fourth-order valence-electron chi connectivity index (χ4n) is 2.97. The highest BCUT2D eigenvalue weighted by Crippen LogP contribution is 2.45. The van der Waals surface area contributed by atoms with E-state index in [0.29, 0.717) is 0 Å². The van der Waals surface area contributed by atoms with Gasteiger partial charge in [-0.3, -0.25) is 0 Å². The molecule has 0 aromatic rings. The molecule has 0 saturated carbocycles. The molecule has 1 N–H and O–H groups in total. The van der Waals surface area contributed by atoms with Crippen molar-refractivity contribution in [2.45, 2.75) is 147 Å². The highest BCUT2D eigenvalue weighted by Gasteiger charge is 2.55. The Kier molecular flexibility index (Phi) is 10.3. The van der Waals surface area contributed by atoms with Gasteiger partial charge in [0.2, 0.25) is 0 Å². The second kappa shape index (κ2) is 10.5. The van der Waals surface area contributed by atoms with Crippen LogP contribution < -0.4 is 0 Å². The molecule has 1 heterocycles. The first-order chi connectivity index (χ1) is 14.4. The Labute approximate surface area is 221 Å². The minimum absolute atomic E-state index is 0.00411. The van der Waals surface area contributed by atoms with Crippen molar-refractivity contribution in [3.8, 4) is 0 Å². The van der Waals surface area contributed by atoms with Gasteiger partial charge >= 0.3 is 0 Å². The number of hydrogen-bond acceptors (Lipinski definition) is 5. The molecule has 0 radical (unpaired) electrons. The molecular formula is C24H53IO5Si3. The zero-order chi connectivity index (χ0) is 26.4. The standard InChI is InChI=1S/C24H53IO5Si3/c1-22(2,3)31(10,11)28-18-17(16-25)27-21(26)20(30-33(14,15)24(7,8)9)19(18)29-32(12,13)23(4,5)6/h17-21,26H,16H2,1-15H3/t17-,18-,19+,20-,21+/m1/s1. The summed E-state index contributed by atoms with van der Waals surface area (Å²) in [7, 11) is -6.53. The molecule has 9 heteroatoms. The molecule has 5 atom stereocenters. The summed E-state index contributed by atoms with van der Waals surface area (Å²) in [5, 5.41) is 11.3. The van der Waals surface area contributed by atoms with E-state index in [9.17, 15) is 5.11 Å². The number of hydrogen-bond donors (Lipinski definition) is 1. The van der Waals surface area contributed by atoms with Crippen LogP contribution in [0, 0.1) is 0 Å². The lowest BCUT2D eigenvalue weighted by molar-refractivity contribution is -0.266. The summed E-state index contributed by atoms with van der Waals surface area (Å²) in [5.41, 5.74) is 0. The molecule has 0 amide bonds. The van der Waals surface area contributed by atoms with Crippen molar-refractivity contribution in [1.29, 1.82) is 0 Å². The lowest BCUT2D eigenvalue weighted by Gasteiger charge is -2.53. The van der Waals surface area contributed by atoms with Gasteiger partial charge in [0, 0.05) is 4.43 Å². The van der Waals surface area contributed by atoms with Gasteiger partial charge in [0.05, 0.1) is 12.2 Å². The Balaban J connectivity index is 3.58. The van der Waals surface area contributed by atoms with Crippen molar-refractivity contribution in [3.63, 3.8) is 0 Å². The van der Waals surface area contributed by atoms with E-state index in [2.05, 4.69) is 124 Å². The van der Waals surface area contributed by atoms with Crippen LogP contribution in [0.4, 0.5) is 0 Å². The summed E-state index contributed by atoms with van der Waals surface area (Å²) in [5.74, 6) is 0. The maximum Gasteiger partial charge on any atom is 0.192 e. The van der Waals surface area contributed by atoms with E-state index in [4.69, 9.17) is 18.0 Å². The van der Waals surface area contributed by atoms with E-state index >= 15 is 0 Å². The van der Waals surface area contributed by atoms with Crippen LogP contribution in [0.5, 0.6) is 0 Å². The minimum atomic E-state index is -2.20. The first-order valence-corrected chi connectivity index (χ1v) is 22.6. The van der Waals surface area contributed by atoms with E-state index < -0.39 is 37.3 Å². The van der Waals surface area contributed by atoms with Crippen LogP contribution in [0.25, 0.3) is 0 Å². The molecule has 1 saturated heterocycles. The highest BCUT2D eigenvalue weighted by atomic mass is 127. The third-order valence-corrected chi connectivity index (χ3v) is 22.8. The molecular weight excluding hydrogens is 579 g/mol. The van der Waals surface area contributed by atoms with Crippen molar-refractivity contribution in [2.24, 2.45) is 0 Å². The third-order valence-electron chi connectivity index (χ3n) is 8.47. The molecule has 1 fully saturated rings. The quantitative estimate of drug-likeness (QED) is 0.181. The number of rotatable bonds is 7. The minimum Gasteiger partial charge on any atom is -0.409 e. The average Bonchev–Trinajstić information content (AvgIpc) is 2.56. The van der Waals surface area contributed by atoms with Crippen molar-refractivity contribution < 1.29 is 23.1 Å². The second-order valence-corrected chi connectivity index (χ2v) is 29.4. The Morgan fingerprint density at radius 1 is 0.636 bits per heavy atom.